The molecule has 0 aliphatic rings. The summed E-state index contributed by atoms with van der Waals surface area (Å²) < 4.78 is 10.8. The van der Waals surface area contributed by atoms with Gasteiger partial charge in [-0.15, -0.1) is 0 Å². The van der Waals surface area contributed by atoms with Crippen molar-refractivity contribution in [2.75, 3.05) is 20.3 Å². The number of carbonyl (C=O) groups excluding carboxylic acids is 1. The molecule has 0 heterocycles. The summed E-state index contributed by atoms with van der Waals surface area (Å²) in [6, 6.07) is 15.7. The molecule has 0 aliphatic carbocycles. The van der Waals surface area contributed by atoms with Crippen molar-refractivity contribution >= 4 is 12.0 Å². The second kappa shape index (κ2) is 9.53. The highest BCUT2D eigenvalue weighted by Crippen LogP contribution is 2.22. The molecule has 126 valence electrons. The van der Waals surface area contributed by atoms with E-state index in [1.165, 1.54) is 0 Å². The van der Waals surface area contributed by atoms with E-state index < -0.39 is 0 Å². The van der Waals surface area contributed by atoms with Gasteiger partial charge in [0.05, 0.1) is 13.0 Å². The van der Waals surface area contributed by atoms with Gasteiger partial charge < -0.3 is 14.8 Å². The van der Waals surface area contributed by atoms with E-state index in [0.29, 0.717) is 25.5 Å². The quantitative estimate of drug-likeness (QED) is 0.720. The number of hydrogen-bond acceptors (Lipinski definition) is 3. The Morgan fingerprint density at radius 1 is 1.21 bits per heavy atom. The summed E-state index contributed by atoms with van der Waals surface area (Å²) in [6.45, 7) is 5.23. The van der Waals surface area contributed by atoms with Crippen LogP contribution in [0.4, 0.5) is 0 Å². The Morgan fingerprint density at radius 3 is 2.71 bits per heavy atom. The largest absolute Gasteiger partial charge is 0.489 e. The fourth-order valence-corrected chi connectivity index (χ4v) is 2.27. The third-order valence-electron chi connectivity index (χ3n) is 3.54. The summed E-state index contributed by atoms with van der Waals surface area (Å²) in [5.41, 5.74) is 2.89. The zero-order valence-electron chi connectivity index (χ0n) is 14.0. The van der Waals surface area contributed by atoms with E-state index in [0.717, 1.165) is 16.7 Å². The lowest BCUT2D eigenvalue weighted by Gasteiger charge is -2.13. The van der Waals surface area contributed by atoms with Gasteiger partial charge in [0.1, 0.15) is 12.4 Å². The predicted molar refractivity (Wildman–Crippen MR) is 95.9 cm³/mol. The lowest BCUT2D eigenvalue weighted by atomic mass is 10.1. The molecule has 0 saturated carbocycles. The summed E-state index contributed by atoms with van der Waals surface area (Å²) in [4.78, 5) is 12.1. The van der Waals surface area contributed by atoms with Crippen molar-refractivity contribution < 1.29 is 14.3 Å². The third-order valence-corrected chi connectivity index (χ3v) is 3.54. The van der Waals surface area contributed by atoms with E-state index in [4.69, 9.17) is 9.47 Å². The molecule has 0 bridgehead atoms. The van der Waals surface area contributed by atoms with Crippen LogP contribution in [0.2, 0.25) is 0 Å². The van der Waals surface area contributed by atoms with Crippen molar-refractivity contribution in [3.63, 3.8) is 0 Å². The van der Waals surface area contributed by atoms with E-state index in [2.05, 4.69) is 11.9 Å². The van der Waals surface area contributed by atoms with Gasteiger partial charge in [0, 0.05) is 19.2 Å². The normalized spacial score (nSPS) is 10.2. The molecule has 2 aromatic carbocycles. The Bertz CT molecular complexity index is 668. The second-order valence-corrected chi connectivity index (χ2v) is 5.37. The van der Waals surface area contributed by atoms with Crippen LogP contribution in [0.1, 0.15) is 16.7 Å². The molecule has 4 heteroatoms. The van der Waals surface area contributed by atoms with Crippen LogP contribution >= 0.6 is 0 Å². The second-order valence-electron chi connectivity index (χ2n) is 5.37. The standard InChI is InChI=1S/C20H23NO3/c1-3-16-9-10-19(24-15-17-7-5-4-6-8-17)18(13-16)14-20(22)21-11-12-23-2/h3-10,13H,1,11-12,14-15H2,2H3,(H,21,22). The molecule has 4 nitrogen and oxygen atoms in total. The van der Waals surface area contributed by atoms with Gasteiger partial charge in [-0.3, -0.25) is 4.79 Å². The number of methoxy groups -OCH3 is 1. The van der Waals surface area contributed by atoms with Gasteiger partial charge in [-0.1, -0.05) is 49.1 Å². The minimum absolute atomic E-state index is 0.0576. The molecule has 24 heavy (non-hydrogen) atoms. The molecule has 2 aromatic rings. The van der Waals surface area contributed by atoms with Crippen LogP contribution < -0.4 is 10.1 Å². The number of nitrogens with one attached hydrogen (secondary N) is 1. The van der Waals surface area contributed by atoms with Gasteiger partial charge in [-0.05, 0) is 23.3 Å². The van der Waals surface area contributed by atoms with E-state index >= 15 is 0 Å². The van der Waals surface area contributed by atoms with E-state index in [-0.39, 0.29) is 12.3 Å². The van der Waals surface area contributed by atoms with Gasteiger partial charge in [-0.2, -0.15) is 0 Å². The Labute approximate surface area is 143 Å². The molecular weight excluding hydrogens is 302 g/mol. The van der Waals surface area contributed by atoms with Gasteiger partial charge >= 0.3 is 0 Å². The predicted octanol–water partition coefficient (Wildman–Crippen LogP) is 3.21. The lowest BCUT2D eigenvalue weighted by Crippen LogP contribution is -2.28. The first-order valence-corrected chi connectivity index (χ1v) is 7.90. The Kier molecular flexibility index (Phi) is 7.05. The molecule has 0 radical (unpaired) electrons. The van der Waals surface area contributed by atoms with Crippen LogP contribution in [-0.2, 0) is 22.6 Å². The maximum absolute atomic E-state index is 12.1. The summed E-state index contributed by atoms with van der Waals surface area (Å²) >= 11 is 0. The molecule has 0 fully saturated rings. The fraction of sp³-hybridized carbons (Fsp3) is 0.250. The molecule has 2 rings (SSSR count). The number of amides is 1. The molecular formula is C20H23NO3. The van der Waals surface area contributed by atoms with Crippen LogP contribution in [0.15, 0.2) is 55.1 Å². The van der Waals surface area contributed by atoms with Crippen molar-refractivity contribution in [1.82, 2.24) is 5.32 Å². The summed E-state index contributed by atoms with van der Waals surface area (Å²) in [7, 11) is 1.61. The molecule has 1 amide bonds. The summed E-state index contributed by atoms with van der Waals surface area (Å²) in [5, 5.41) is 2.83. The van der Waals surface area contributed by atoms with Crippen LogP contribution in [0.3, 0.4) is 0 Å². The Morgan fingerprint density at radius 2 is 2.00 bits per heavy atom. The number of rotatable bonds is 9. The van der Waals surface area contributed by atoms with Crippen molar-refractivity contribution in [2.24, 2.45) is 0 Å². The Hall–Kier alpha value is -2.59. The average molecular weight is 325 g/mol. The molecule has 0 atom stereocenters. The monoisotopic (exact) mass is 325 g/mol. The van der Waals surface area contributed by atoms with Crippen molar-refractivity contribution in [3.05, 3.63) is 71.8 Å². The van der Waals surface area contributed by atoms with Gasteiger partial charge in [0.2, 0.25) is 5.91 Å². The van der Waals surface area contributed by atoms with E-state index in [9.17, 15) is 4.79 Å². The third kappa shape index (κ3) is 5.56. The van der Waals surface area contributed by atoms with Gasteiger partial charge in [0.15, 0.2) is 0 Å². The highest BCUT2D eigenvalue weighted by atomic mass is 16.5. The molecule has 0 saturated heterocycles. The molecule has 0 unspecified atom stereocenters. The maximum atomic E-state index is 12.1. The Balaban J connectivity index is 2.06. The topological polar surface area (TPSA) is 47.6 Å². The smallest absolute Gasteiger partial charge is 0.224 e. The lowest BCUT2D eigenvalue weighted by molar-refractivity contribution is -0.120. The highest BCUT2D eigenvalue weighted by Gasteiger charge is 2.10. The first kappa shape index (κ1) is 17.8. The number of hydrogen-bond donors (Lipinski definition) is 1. The maximum Gasteiger partial charge on any atom is 0.224 e. The zero-order valence-corrected chi connectivity index (χ0v) is 14.0. The number of ether oxygens (including phenoxy) is 2. The minimum Gasteiger partial charge on any atom is -0.489 e. The van der Waals surface area contributed by atoms with Gasteiger partial charge in [0.25, 0.3) is 0 Å². The molecule has 0 spiro atoms. The molecule has 0 aliphatic heterocycles. The van der Waals surface area contributed by atoms with Crippen molar-refractivity contribution in [3.8, 4) is 5.75 Å². The summed E-state index contributed by atoms with van der Waals surface area (Å²) in [5.74, 6) is 0.657. The van der Waals surface area contributed by atoms with Crippen LogP contribution in [0.5, 0.6) is 5.75 Å². The average Bonchev–Trinajstić information content (AvgIpc) is 2.61. The number of benzene rings is 2. The molecule has 0 aromatic heterocycles. The van der Waals surface area contributed by atoms with E-state index in [1.807, 2.05) is 48.5 Å². The number of carbonyl (C=O) groups is 1. The van der Waals surface area contributed by atoms with Crippen molar-refractivity contribution in [2.45, 2.75) is 13.0 Å². The van der Waals surface area contributed by atoms with Crippen LogP contribution in [0, 0.1) is 0 Å². The van der Waals surface area contributed by atoms with Crippen LogP contribution in [-0.4, -0.2) is 26.2 Å². The first-order valence-electron chi connectivity index (χ1n) is 7.90. The minimum atomic E-state index is -0.0576. The van der Waals surface area contributed by atoms with E-state index in [1.54, 1.807) is 13.2 Å². The summed E-state index contributed by atoms with van der Waals surface area (Å²) in [6.07, 6.45) is 2.02. The van der Waals surface area contributed by atoms with Crippen molar-refractivity contribution in [1.29, 1.82) is 0 Å². The van der Waals surface area contributed by atoms with Crippen LogP contribution in [0.25, 0.3) is 6.08 Å². The van der Waals surface area contributed by atoms with Gasteiger partial charge in [-0.25, -0.2) is 0 Å². The fourth-order valence-electron chi connectivity index (χ4n) is 2.27. The zero-order chi connectivity index (χ0) is 17.2. The molecule has 1 N–H and O–H groups in total. The first-order chi connectivity index (χ1) is 11.7. The SMILES string of the molecule is C=Cc1ccc(OCc2ccccc2)c(CC(=O)NCCOC)c1. The highest BCUT2D eigenvalue weighted by molar-refractivity contribution is 5.79.